The van der Waals surface area contributed by atoms with Gasteiger partial charge in [0, 0.05) is 24.4 Å². The molecule has 0 heterocycles. The van der Waals surface area contributed by atoms with Crippen LogP contribution in [0.3, 0.4) is 0 Å². The highest BCUT2D eigenvalue weighted by atomic mass is 35.5. The first-order valence-electron chi connectivity index (χ1n) is 6.74. The standard InChI is InChI=1S/C15H21NO3S.ClH/c1-3-7-13(10-11-16(2)15(18)19)20-14(17)12-8-5-4-6-9-12;/h4-6,8-9,13H,3,7,10-11H2,1-2H3,(H,18,19);1H. The molecule has 0 radical (unpaired) electrons. The number of hydrogen-bond acceptors (Lipinski definition) is 3. The zero-order valence-corrected chi connectivity index (χ0v) is 14.0. The van der Waals surface area contributed by atoms with E-state index in [1.807, 2.05) is 30.3 Å². The van der Waals surface area contributed by atoms with Gasteiger partial charge in [0.1, 0.15) is 0 Å². The number of amides is 1. The van der Waals surface area contributed by atoms with E-state index in [2.05, 4.69) is 6.92 Å². The first-order chi connectivity index (χ1) is 9.54. The van der Waals surface area contributed by atoms with Gasteiger partial charge in [-0.2, -0.15) is 0 Å². The molecule has 0 aliphatic heterocycles. The van der Waals surface area contributed by atoms with Gasteiger partial charge in [-0.05, 0) is 12.8 Å². The van der Waals surface area contributed by atoms with Crippen LogP contribution in [0.1, 0.15) is 36.5 Å². The Hall–Kier alpha value is -1.20. The van der Waals surface area contributed by atoms with Crippen LogP contribution < -0.4 is 0 Å². The molecule has 1 amide bonds. The molecule has 0 bridgehead atoms. The van der Waals surface area contributed by atoms with Crippen molar-refractivity contribution in [2.24, 2.45) is 0 Å². The predicted octanol–water partition coefficient (Wildman–Crippen LogP) is 4.15. The number of hydrogen-bond donors (Lipinski definition) is 1. The van der Waals surface area contributed by atoms with Crippen molar-refractivity contribution < 1.29 is 14.7 Å². The van der Waals surface area contributed by atoms with E-state index in [1.54, 1.807) is 7.05 Å². The minimum Gasteiger partial charge on any atom is -0.465 e. The minimum absolute atomic E-state index is 0. The van der Waals surface area contributed by atoms with Crippen molar-refractivity contribution in [1.82, 2.24) is 4.90 Å². The maximum absolute atomic E-state index is 12.1. The van der Waals surface area contributed by atoms with Gasteiger partial charge in [0.2, 0.25) is 5.12 Å². The minimum atomic E-state index is -0.931. The Labute approximate surface area is 136 Å². The van der Waals surface area contributed by atoms with E-state index in [9.17, 15) is 9.59 Å². The highest BCUT2D eigenvalue weighted by molar-refractivity contribution is 8.14. The molecule has 1 aromatic carbocycles. The monoisotopic (exact) mass is 331 g/mol. The van der Waals surface area contributed by atoms with Crippen LogP contribution in [0.25, 0.3) is 0 Å². The van der Waals surface area contributed by atoms with E-state index in [4.69, 9.17) is 5.11 Å². The molecule has 1 aromatic rings. The lowest BCUT2D eigenvalue weighted by molar-refractivity contribution is 0.108. The molecule has 1 unspecified atom stereocenters. The zero-order chi connectivity index (χ0) is 15.0. The van der Waals surface area contributed by atoms with Gasteiger partial charge in [0.25, 0.3) is 0 Å². The summed E-state index contributed by atoms with van der Waals surface area (Å²) in [6, 6.07) is 9.19. The van der Waals surface area contributed by atoms with E-state index in [0.717, 1.165) is 12.8 Å². The molecule has 0 spiro atoms. The molecule has 0 aliphatic rings. The summed E-state index contributed by atoms with van der Waals surface area (Å²) < 4.78 is 0. The topological polar surface area (TPSA) is 57.6 Å². The van der Waals surface area contributed by atoms with Crippen molar-refractivity contribution in [3.05, 3.63) is 35.9 Å². The van der Waals surface area contributed by atoms with Gasteiger partial charge in [-0.1, -0.05) is 55.4 Å². The molecule has 0 fully saturated rings. The average molecular weight is 332 g/mol. The molecule has 0 aliphatic carbocycles. The Kier molecular flexibility index (Phi) is 9.91. The second kappa shape index (κ2) is 10.5. The van der Waals surface area contributed by atoms with Gasteiger partial charge in [-0.25, -0.2) is 4.79 Å². The van der Waals surface area contributed by atoms with Crippen LogP contribution in [0, 0.1) is 0 Å². The first kappa shape index (κ1) is 19.8. The summed E-state index contributed by atoms with van der Waals surface area (Å²) in [5.41, 5.74) is 0.699. The third-order valence-corrected chi connectivity index (χ3v) is 4.26. The van der Waals surface area contributed by atoms with Gasteiger partial charge >= 0.3 is 6.09 Å². The van der Waals surface area contributed by atoms with Crippen LogP contribution in [0.2, 0.25) is 0 Å². The Morgan fingerprint density at radius 3 is 2.38 bits per heavy atom. The molecule has 0 saturated carbocycles. The molecular formula is C15H22ClNO3S. The van der Waals surface area contributed by atoms with E-state index in [0.29, 0.717) is 18.5 Å². The first-order valence-corrected chi connectivity index (χ1v) is 7.62. The summed E-state index contributed by atoms with van der Waals surface area (Å²) >= 11 is 1.32. The summed E-state index contributed by atoms with van der Waals surface area (Å²) in [4.78, 5) is 24.2. The molecular weight excluding hydrogens is 310 g/mol. The van der Waals surface area contributed by atoms with Gasteiger partial charge in [0.15, 0.2) is 0 Å². The third kappa shape index (κ3) is 7.39. The number of nitrogens with zero attached hydrogens (tertiary/aromatic N) is 1. The summed E-state index contributed by atoms with van der Waals surface area (Å²) in [5, 5.41) is 9.06. The summed E-state index contributed by atoms with van der Waals surface area (Å²) in [6.45, 7) is 2.52. The van der Waals surface area contributed by atoms with Crippen LogP contribution in [0.5, 0.6) is 0 Å². The van der Waals surface area contributed by atoms with E-state index in [-0.39, 0.29) is 22.8 Å². The summed E-state index contributed by atoms with van der Waals surface area (Å²) in [6.07, 6.45) is 1.66. The molecule has 1 N–H and O–H groups in total. The predicted molar refractivity (Wildman–Crippen MR) is 89.6 cm³/mol. The fraction of sp³-hybridized carbons (Fsp3) is 0.467. The zero-order valence-electron chi connectivity index (χ0n) is 12.3. The maximum Gasteiger partial charge on any atom is 0.407 e. The lowest BCUT2D eigenvalue weighted by Gasteiger charge is -2.18. The van der Waals surface area contributed by atoms with Crippen molar-refractivity contribution in [2.75, 3.05) is 13.6 Å². The third-order valence-electron chi connectivity index (χ3n) is 3.01. The molecule has 0 aromatic heterocycles. The molecule has 4 nitrogen and oxygen atoms in total. The molecule has 21 heavy (non-hydrogen) atoms. The van der Waals surface area contributed by atoms with Crippen molar-refractivity contribution in [1.29, 1.82) is 0 Å². The normalized spacial score (nSPS) is 11.3. The Bertz CT molecular complexity index is 442. The Morgan fingerprint density at radius 2 is 1.86 bits per heavy atom. The molecule has 1 rings (SSSR count). The highest BCUT2D eigenvalue weighted by Gasteiger charge is 2.17. The van der Waals surface area contributed by atoms with Crippen LogP contribution in [0.4, 0.5) is 4.79 Å². The number of carbonyl (C=O) groups is 2. The van der Waals surface area contributed by atoms with Gasteiger partial charge < -0.3 is 10.0 Å². The smallest absolute Gasteiger partial charge is 0.407 e. The fourth-order valence-electron chi connectivity index (χ4n) is 1.81. The molecule has 118 valence electrons. The SMILES string of the molecule is CCCC(CCN(C)C(=O)O)SC(=O)c1ccccc1.Cl. The number of thioether (sulfide) groups is 1. The number of benzene rings is 1. The van der Waals surface area contributed by atoms with E-state index >= 15 is 0 Å². The molecule has 0 saturated heterocycles. The van der Waals surface area contributed by atoms with Crippen LogP contribution in [-0.4, -0.2) is 40.1 Å². The number of halogens is 1. The maximum atomic E-state index is 12.1. The van der Waals surface area contributed by atoms with Crippen molar-refractivity contribution in [3.63, 3.8) is 0 Å². The van der Waals surface area contributed by atoms with E-state index in [1.165, 1.54) is 16.7 Å². The summed E-state index contributed by atoms with van der Waals surface area (Å²) in [7, 11) is 1.55. The lowest BCUT2D eigenvalue weighted by atomic mass is 10.2. The van der Waals surface area contributed by atoms with Gasteiger partial charge in [-0.15, -0.1) is 12.4 Å². The number of carbonyl (C=O) groups excluding carboxylic acids is 1. The second-order valence-corrected chi connectivity index (χ2v) is 5.95. The molecule has 6 heteroatoms. The summed E-state index contributed by atoms with van der Waals surface area (Å²) in [5.74, 6) is 0. The van der Waals surface area contributed by atoms with Gasteiger partial charge in [-0.3, -0.25) is 4.79 Å². The lowest BCUT2D eigenvalue weighted by Crippen LogP contribution is -2.27. The van der Waals surface area contributed by atoms with Crippen LogP contribution >= 0.6 is 24.2 Å². The molecule has 1 atom stereocenters. The van der Waals surface area contributed by atoms with E-state index < -0.39 is 6.09 Å². The second-order valence-electron chi connectivity index (χ2n) is 4.67. The van der Waals surface area contributed by atoms with Crippen molar-refractivity contribution in [2.45, 2.75) is 31.4 Å². The highest BCUT2D eigenvalue weighted by Crippen LogP contribution is 2.24. The number of rotatable bonds is 7. The Balaban J connectivity index is 0.00000400. The largest absolute Gasteiger partial charge is 0.465 e. The number of carboxylic acid groups (broad SMARTS) is 1. The van der Waals surface area contributed by atoms with Crippen molar-refractivity contribution >= 4 is 35.4 Å². The fourth-order valence-corrected chi connectivity index (χ4v) is 2.96. The average Bonchev–Trinajstić information content (AvgIpc) is 2.45. The Morgan fingerprint density at radius 1 is 1.24 bits per heavy atom. The van der Waals surface area contributed by atoms with Crippen LogP contribution in [-0.2, 0) is 0 Å². The quantitative estimate of drug-likeness (QED) is 0.815. The van der Waals surface area contributed by atoms with Crippen molar-refractivity contribution in [3.8, 4) is 0 Å². The van der Waals surface area contributed by atoms with Gasteiger partial charge in [0.05, 0.1) is 0 Å². The van der Waals surface area contributed by atoms with Crippen LogP contribution in [0.15, 0.2) is 30.3 Å².